The van der Waals surface area contributed by atoms with E-state index in [1.54, 1.807) is 0 Å². The summed E-state index contributed by atoms with van der Waals surface area (Å²) in [6, 6.07) is 62.1. The molecule has 5 heteroatoms. The topological polar surface area (TPSA) is 15.7 Å². The minimum atomic E-state index is -1.43. The molecule has 8 aromatic carbocycles. The van der Waals surface area contributed by atoms with Crippen molar-refractivity contribution in [3.05, 3.63) is 170 Å². The molecule has 0 saturated heterocycles. The number of nitrogens with zero attached hydrogens (tertiary/aromatic N) is 2. The zero-order valence-electron chi connectivity index (χ0n) is 32.5. The van der Waals surface area contributed by atoms with Crippen molar-refractivity contribution < 1.29 is 4.74 Å². The van der Waals surface area contributed by atoms with Crippen LogP contribution in [0.5, 0.6) is 11.5 Å². The molecule has 0 aromatic heterocycles. The van der Waals surface area contributed by atoms with Crippen LogP contribution in [-0.2, 0) is 0 Å². The fraction of sp³-hybridized carbons (Fsp3) is 0.120. The predicted octanol–water partition coefficient (Wildman–Crippen LogP) is 13.8. The van der Waals surface area contributed by atoms with E-state index in [0.717, 1.165) is 56.6 Å². The standard InChI is InChI=1S/C50H46N2OSi2/c1-54(2,3)42-27-22-38(23-28-42)51(36-14-9-7-10-15-36)40-21-20-35-32-47-44-31-26-41(34-49(44)53-48-19-13-18-45(50(47)48)46(35)33-40)52(37-16-11-8-12-17-37)39-24-29-43(30-25-39)55(4,5)6/h7-34H,1-6H3. The number of hydrogen-bond acceptors (Lipinski definition) is 3. The highest BCUT2D eigenvalue weighted by Crippen LogP contribution is 2.51. The van der Waals surface area contributed by atoms with Crippen LogP contribution >= 0.6 is 0 Å². The second-order valence-electron chi connectivity index (χ2n) is 16.7. The van der Waals surface area contributed by atoms with E-state index in [9.17, 15) is 0 Å². The van der Waals surface area contributed by atoms with Crippen LogP contribution in [0.4, 0.5) is 34.1 Å². The molecule has 1 heterocycles. The molecule has 9 rings (SSSR count). The SMILES string of the molecule is C[Si](C)(C)c1ccc(N(c2ccccc2)c2ccc3c(c2)Oc2cccc4c2c-3cc2ccc(N(c3ccccc3)c3ccc([Si](C)(C)C)cc3)cc24)cc1. The van der Waals surface area contributed by atoms with Gasteiger partial charge in [-0.1, -0.05) is 129 Å². The Labute approximate surface area is 327 Å². The van der Waals surface area contributed by atoms with Crippen LogP contribution < -0.4 is 24.9 Å². The fourth-order valence-electron chi connectivity index (χ4n) is 7.95. The van der Waals surface area contributed by atoms with Gasteiger partial charge in [0, 0.05) is 51.1 Å². The van der Waals surface area contributed by atoms with Crippen molar-refractivity contribution in [3.63, 3.8) is 0 Å². The van der Waals surface area contributed by atoms with Crippen molar-refractivity contribution >= 4 is 82.2 Å². The van der Waals surface area contributed by atoms with Crippen LogP contribution in [0.1, 0.15) is 0 Å². The Bertz CT molecular complexity index is 2680. The van der Waals surface area contributed by atoms with Crippen LogP contribution in [0.3, 0.4) is 0 Å². The zero-order chi connectivity index (χ0) is 37.9. The molecule has 8 aromatic rings. The molecule has 0 N–H and O–H groups in total. The first-order valence-electron chi connectivity index (χ1n) is 19.3. The smallest absolute Gasteiger partial charge is 0.137 e. The van der Waals surface area contributed by atoms with E-state index >= 15 is 0 Å². The monoisotopic (exact) mass is 746 g/mol. The van der Waals surface area contributed by atoms with Gasteiger partial charge in [0.15, 0.2) is 0 Å². The minimum absolute atomic E-state index is 0.866. The first-order chi connectivity index (χ1) is 26.5. The maximum absolute atomic E-state index is 6.85. The molecule has 0 spiro atoms. The third-order valence-corrected chi connectivity index (χ3v) is 15.1. The quantitative estimate of drug-likeness (QED) is 0.114. The lowest BCUT2D eigenvalue weighted by molar-refractivity contribution is 0.487. The van der Waals surface area contributed by atoms with Crippen molar-refractivity contribution in [1.29, 1.82) is 0 Å². The average Bonchev–Trinajstić information content (AvgIpc) is 3.19. The molecule has 0 aliphatic carbocycles. The molecular weight excluding hydrogens is 701 g/mol. The number of ether oxygens (including phenoxy) is 1. The van der Waals surface area contributed by atoms with E-state index in [0.29, 0.717) is 0 Å². The second kappa shape index (κ2) is 13.4. The lowest BCUT2D eigenvalue weighted by Gasteiger charge is -2.29. The summed E-state index contributed by atoms with van der Waals surface area (Å²) in [4.78, 5) is 4.69. The number of hydrogen-bond donors (Lipinski definition) is 0. The van der Waals surface area contributed by atoms with Gasteiger partial charge in [-0.15, -0.1) is 0 Å². The van der Waals surface area contributed by atoms with E-state index in [1.165, 1.54) is 32.1 Å². The Morgan fingerprint density at radius 2 is 0.855 bits per heavy atom. The lowest BCUT2D eigenvalue weighted by Crippen LogP contribution is -2.37. The number of para-hydroxylation sites is 2. The summed E-state index contributed by atoms with van der Waals surface area (Å²) < 4.78 is 6.85. The van der Waals surface area contributed by atoms with Gasteiger partial charge in [0.05, 0.1) is 16.1 Å². The van der Waals surface area contributed by atoms with Gasteiger partial charge in [0.2, 0.25) is 0 Å². The highest BCUT2D eigenvalue weighted by molar-refractivity contribution is 6.89. The van der Waals surface area contributed by atoms with Crippen molar-refractivity contribution in [2.45, 2.75) is 39.3 Å². The van der Waals surface area contributed by atoms with Gasteiger partial charge in [-0.3, -0.25) is 0 Å². The molecule has 0 saturated carbocycles. The molecule has 0 amide bonds. The molecule has 55 heavy (non-hydrogen) atoms. The lowest BCUT2D eigenvalue weighted by atomic mass is 9.90. The molecule has 0 unspecified atom stereocenters. The van der Waals surface area contributed by atoms with Crippen LogP contribution in [0.15, 0.2) is 170 Å². The van der Waals surface area contributed by atoms with Crippen LogP contribution in [-0.4, -0.2) is 16.1 Å². The molecule has 0 fully saturated rings. The van der Waals surface area contributed by atoms with Gasteiger partial charge in [0.1, 0.15) is 11.5 Å². The summed E-state index contributed by atoms with van der Waals surface area (Å²) in [6.45, 7) is 14.4. The van der Waals surface area contributed by atoms with E-state index in [4.69, 9.17) is 4.74 Å². The van der Waals surface area contributed by atoms with Crippen LogP contribution in [0.25, 0.3) is 32.7 Å². The Morgan fingerprint density at radius 3 is 1.40 bits per heavy atom. The zero-order valence-corrected chi connectivity index (χ0v) is 34.5. The molecule has 0 atom stereocenters. The van der Waals surface area contributed by atoms with E-state index in [1.807, 2.05) is 0 Å². The molecular formula is C50H46N2OSi2. The van der Waals surface area contributed by atoms with Crippen LogP contribution in [0, 0.1) is 0 Å². The number of anilines is 6. The Hall–Kier alpha value is -5.89. The summed E-state index contributed by atoms with van der Waals surface area (Å²) in [7, 11) is -2.86. The summed E-state index contributed by atoms with van der Waals surface area (Å²) in [6.07, 6.45) is 0. The number of rotatable bonds is 8. The summed E-state index contributed by atoms with van der Waals surface area (Å²) >= 11 is 0. The first-order valence-corrected chi connectivity index (χ1v) is 26.3. The normalized spacial score (nSPS) is 12.3. The highest BCUT2D eigenvalue weighted by Gasteiger charge is 2.25. The van der Waals surface area contributed by atoms with Crippen molar-refractivity contribution in [1.82, 2.24) is 0 Å². The largest absolute Gasteiger partial charge is 0.456 e. The van der Waals surface area contributed by atoms with Gasteiger partial charge in [-0.25, -0.2) is 0 Å². The van der Waals surface area contributed by atoms with Crippen molar-refractivity contribution in [3.8, 4) is 22.6 Å². The molecule has 270 valence electrons. The summed E-state index contributed by atoms with van der Waals surface area (Å²) in [5.74, 6) is 1.75. The van der Waals surface area contributed by atoms with E-state index in [2.05, 4.69) is 219 Å². The average molecular weight is 747 g/mol. The Kier molecular flexibility index (Phi) is 8.52. The van der Waals surface area contributed by atoms with Crippen molar-refractivity contribution in [2.24, 2.45) is 0 Å². The summed E-state index contributed by atoms with van der Waals surface area (Å²) in [5.41, 5.74) is 9.02. The fourth-order valence-corrected chi connectivity index (χ4v) is 10.3. The molecule has 0 radical (unpaired) electrons. The Morgan fingerprint density at radius 1 is 0.364 bits per heavy atom. The van der Waals surface area contributed by atoms with Crippen molar-refractivity contribution in [2.75, 3.05) is 9.80 Å². The predicted molar refractivity (Wildman–Crippen MR) is 242 cm³/mol. The van der Waals surface area contributed by atoms with Gasteiger partial charge in [-0.05, 0) is 107 Å². The van der Waals surface area contributed by atoms with Gasteiger partial charge in [-0.2, -0.15) is 0 Å². The second-order valence-corrected chi connectivity index (χ2v) is 26.9. The third-order valence-electron chi connectivity index (χ3n) is 10.9. The maximum atomic E-state index is 6.85. The number of fused-ring (bicyclic) bond motifs is 4. The van der Waals surface area contributed by atoms with E-state index < -0.39 is 16.1 Å². The molecule has 1 aliphatic rings. The minimum Gasteiger partial charge on any atom is -0.456 e. The highest BCUT2D eigenvalue weighted by atomic mass is 28.3. The van der Waals surface area contributed by atoms with Gasteiger partial charge >= 0.3 is 0 Å². The van der Waals surface area contributed by atoms with Gasteiger partial charge in [0.25, 0.3) is 0 Å². The molecule has 0 bridgehead atoms. The maximum Gasteiger partial charge on any atom is 0.137 e. The molecule has 3 nitrogen and oxygen atoms in total. The third kappa shape index (κ3) is 6.43. The van der Waals surface area contributed by atoms with Crippen LogP contribution in [0.2, 0.25) is 39.3 Å². The Balaban J connectivity index is 1.15. The number of benzene rings is 8. The van der Waals surface area contributed by atoms with Gasteiger partial charge < -0.3 is 14.5 Å². The summed E-state index contributed by atoms with van der Waals surface area (Å²) in [5, 5.41) is 7.66. The van der Waals surface area contributed by atoms with E-state index in [-0.39, 0.29) is 0 Å². The first kappa shape index (κ1) is 34.9. The molecule has 1 aliphatic heterocycles.